The molecule has 34 heavy (non-hydrogen) atoms. The van der Waals surface area contributed by atoms with Crippen molar-refractivity contribution in [3.63, 3.8) is 0 Å². The first-order valence-corrected chi connectivity index (χ1v) is 10.4. The van der Waals surface area contributed by atoms with Gasteiger partial charge in [0.1, 0.15) is 11.9 Å². The van der Waals surface area contributed by atoms with Crippen LogP contribution in [0.4, 0.5) is 17.6 Å². The SMILES string of the molecule is [2H]C([2H])([2H])[C@@]1([2H])[C@H]2C[C@@H](Oc3ccc(C(F)(F)F)cn3)[C@H](C2)N1C(=O)c1cc(F)ccc1-c1ncccn1. The minimum Gasteiger partial charge on any atom is -0.472 e. The van der Waals surface area contributed by atoms with E-state index in [1.807, 2.05) is 0 Å². The van der Waals surface area contributed by atoms with Crippen molar-refractivity contribution in [2.75, 3.05) is 0 Å². The number of amides is 1. The van der Waals surface area contributed by atoms with Crippen molar-refractivity contribution in [1.82, 2.24) is 19.9 Å². The van der Waals surface area contributed by atoms with E-state index in [-0.39, 0.29) is 35.7 Å². The molecule has 0 N–H and O–H groups in total. The molecule has 6 nitrogen and oxygen atoms in total. The van der Waals surface area contributed by atoms with Crippen LogP contribution in [0, 0.1) is 11.7 Å². The van der Waals surface area contributed by atoms with Crippen molar-refractivity contribution >= 4 is 5.91 Å². The minimum absolute atomic E-state index is 0.0663. The summed E-state index contributed by atoms with van der Waals surface area (Å²) in [6, 6.07) is 3.46. The van der Waals surface area contributed by atoms with E-state index in [9.17, 15) is 22.4 Å². The molecule has 3 aromatic rings. The number of hydrogen-bond acceptors (Lipinski definition) is 5. The molecule has 2 bridgehead atoms. The van der Waals surface area contributed by atoms with Gasteiger partial charge in [0.2, 0.25) is 5.88 Å². The van der Waals surface area contributed by atoms with E-state index in [1.54, 1.807) is 6.07 Å². The maximum atomic E-state index is 14.3. The average Bonchev–Trinajstić information content (AvgIpc) is 3.40. The van der Waals surface area contributed by atoms with Crippen LogP contribution in [0.5, 0.6) is 5.88 Å². The van der Waals surface area contributed by atoms with Gasteiger partial charge >= 0.3 is 6.18 Å². The van der Waals surface area contributed by atoms with Gasteiger partial charge in [-0.25, -0.2) is 19.3 Å². The molecule has 0 unspecified atom stereocenters. The highest BCUT2D eigenvalue weighted by molar-refractivity contribution is 6.00. The number of ether oxygens (including phenoxy) is 1. The predicted octanol–water partition coefficient (Wildman–Crippen LogP) is 4.77. The highest BCUT2D eigenvalue weighted by atomic mass is 19.4. The van der Waals surface area contributed by atoms with Crippen LogP contribution in [-0.2, 0) is 6.18 Å². The van der Waals surface area contributed by atoms with Gasteiger partial charge in [0, 0.05) is 40.4 Å². The first-order chi connectivity index (χ1) is 17.8. The Labute approximate surface area is 198 Å². The van der Waals surface area contributed by atoms with Crippen molar-refractivity contribution in [3.8, 4) is 17.3 Å². The lowest BCUT2D eigenvalue weighted by Crippen LogP contribution is -2.51. The van der Waals surface area contributed by atoms with Gasteiger partial charge in [0.05, 0.1) is 18.5 Å². The fourth-order valence-electron chi connectivity index (χ4n) is 4.46. The molecule has 1 aromatic carbocycles. The molecule has 176 valence electrons. The van der Waals surface area contributed by atoms with E-state index in [0.717, 1.165) is 29.2 Å². The zero-order chi connectivity index (χ0) is 27.5. The van der Waals surface area contributed by atoms with E-state index in [0.29, 0.717) is 6.20 Å². The fourth-order valence-corrected chi connectivity index (χ4v) is 4.46. The highest BCUT2D eigenvalue weighted by Crippen LogP contribution is 2.45. The summed E-state index contributed by atoms with van der Waals surface area (Å²) in [5, 5.41) is 0. The van der Waals surface area contributed by atoms with Crippen LogP contribution in [0.15, 0.2) is 55.0 Å². The van der Waals surface area contributed by atoms with Gasteiger partial charge in [-0.2, -0.15) is 13.2 Å². The summed E-state index contributed by atoms with van der Waals surface area (Å²) >= 11 is 0. The summed E-state index contributed by atoms with van der Waals surface area (Å²) in [6.45, 7) is -2.92. The number of alkyl halides is 3. The second-order valence-electron chi connectivity index (χ2n) is 8.10. The molecule has 0 radical (unpaired) electrons. The minimum atomic E-state index is -4.59. The number of pyridine rings is 1. The predicted molar refractivity (Wildman–Crippen MR) is 113 cm³/mol. The molecule has 1 saturated carbocycles. The third-order valence-electron chi connectivity index (χ3n) is 6.02. The number of carbonyl (C=O) groups is 1. The standard InChI is InChI=1S/C24H20F4N4O2/c1-13-14-9-19(20(10-14)34-21-6-3-15(12-31-21)24(26,27)28)32(13)23(33)18-11-16(25)4-5-17(18)22-29-7-2-8-30-22/h2-8,11-14,19-20H,9-10H2,1H3/t13-,14+,19-,20+/m0/s1/i1D3,13D. The summed E-state index contributed by atoms with van der Waals surface area (Å²) in [6.07, 6.45) is -1.80. The molecule has 5 rings (SSSR count). The number of aromatic nitrogens is 3. The Balaban J connectivity index is 1.52. The number of carbonyl (C=O) groups excluding carboxylic acids is 1. The van der Waals surface area contributed by atoms with Crippen LogP contribution in [0.1, 0.15) is 41.1 Å². The molecular weight excluding hydrogens is 452 g/mol. The fraction of sp³-hybridized carbons (Fsp3) is 0.333. The maximum Gasteiger partial charge on any atom is 0.417 e. The van der Waals surface area contributed by atoms with Gasteiger partial charge in [-0.05, 0) is 55.9 Å². The van der Waals surface area contributed by atoms with E-state index < -0.39 is 54.4 Å². The summed E-state index contributed by atoms with van der Waals surface area (Å²) in [4.78, 5) is 26.7. The second kappa shape index (κ2) is 8.34. The molecule has 1 aliphatic heterocycles. The second-order valence-corrected chi connectivity index (χ2v) is 8.10. The Morgan fingerprint density at radius 1 is 1.18 bits per heavy atom. The van der Waals surface area contributed by atoms with Gasteiger partial charge in [-0.15, -0.1) is 0 Å². The lowest BCUT2D eigenvalue weighted by atomic mass is 9.97. The van der Waals surface area contributed by atoms with Crippen molar-refractivity contribution in [2.24, 2.45) is 5.92 Å². The molecule has 1 amide bonds. The van der Waals surface area contributed by atoms with Crippen LogP contribution >= 0.6 is 0 Å². The summed E-state index contributed by atoms with van der Waals surface area (Å²) < 4.78 is 92.0. The first kappa shape index (κ1) is 17.9. The lowest BCUT2D eigenvalue weighted by Gasteiger charge is -2.38. The average molecular weight is 476 g/mol. The third kappa shape index (κ3) is 3.97. The highest BCUT2D eigenvalue weighted by Gasteiger charge is 2.53. The molecule has 1 saturated heterocycles. The van der Waals surface area contributed by atoms with E-state index in [2.05, 4.69) is 15.0 Å². The summed E-state index contributed by atoms with van der Waals surface area (Å²) in [7, 11) is 0. The quantitative estimate of drug-likeness (QED) is 0.508. The first-order valence-electron chi connectivity index (χ1n) is 12.4. The van der Waals surface area contributed by atoms with Gasteiger partial charge < -0.3 is 9.64 Å². The van der Waals surface area contributed by atoms with Gasteiger partial charge in [0.25, 0.3) is 5.91 Å². The summed E-state index contributed by atoms with van der Waals surface area (Å²) in [5.74, 6) is -2.56. The van der Waals surface area contributed by atoms with E-state index in [1.165, 1.54) is 18.5 Å². The van der Waals surface area contributed by atoms with Crippen molar-refractivity contribution in [3.05, 3.63) is 71.9 Å². The molecule has 2 fully saturated rings. The number of nitrogens with zero attached hydrogens (tertiary/aromatic N) is 4. The molecular formula is C24H20F4N4O2. The molecule has 1 aliphatic carbocycles. The summed E-state index contributed by atoms with van der Waals surface area (Å²) in [5.41, 5.74) is -1.05. The Morgan fingerprint density at radius 3 is 2.65 bits per heavy atom. The Hall–Kier alpha value is -3.56. The zero-order valence-electron chi connectivity index (χ0n) is 21.5. The van der Waals surface area contributed by atoms with Crippen molar-refractivity contribution in [1.29, 1.82) is 0 Å². The van der Waals surface area contributed by atoms with Gasteiger partial charge in [-0.3, -0.25) is 4.79 Å². The topological polar surface area (TPSA) is 68.2 Å². The van der Waals surface area contributed by atoms with Gasteiger partial charge in [0.15, 0.2) is 5.82 Å². The van der Waals surface area contributed by atoms with Crippen LogP contribution < -0.4 is 4.74 Å². The van der Waals surface area contributed by atoms with Crippen LogP contribution in [0.3, 0.4) is 0 Å². The maximum absolute atomic E-state index is 14.3. The Kier molecular flexibility index (Phi) is 4.38. The number of benzene rings is 1. The smallest absolute Gasteiger partial charge is 0.417 e. The number of fused-ring (bicyclic) bond motifs is 2. The van der Waals surface area contributed by atoms with Crippen LogP contribution in [0.2, 0.25) is 0 Å². The number of rotatable bonds is 4. The third-order valence-corrected chi connectivity index (χ3v) is 6.02. The van der Waals surface area contributed by atoms with Crippen molar-refractivity contribution < 1.29 is 32.6 Å². The molecule has 10 heteroatoms. The van der Waals surface area contributed by atoms with Crippen molar-refractivity contribution in [2.45, 2.75) is 44.0 Å². The normalized spacial score (nSPS) is 28.1. The molecule has 2 aromatic heterocycles. The Morgan fingerprint density at radius 2 is 1.97 bits per heavy atom. The number of likely N-dealkylation sites (tertiary alicyclic amines) is 1. The van der Waals surface area contributed by atoms with Crippen LogP contribution in [0.25, 0.3) is 11.4 Å². The molecule has 3 heterocycles. The zero-order valence-corrected chi connectivity index (χ0v) is 17.5. The monoisotopic (exact) mass is 476 g/mol. The largest absolute Gasteiger partial charge is 0.472 e. The van der Waals surface area contributed by atoms with E-state index in [4.69, 9.17) is 10.2 Å². The lowest BCUT2D eigenvalue weighted by molar-refractivity contribution is -0.137. The van der Waals surface area contributed by atoms with E-state index >= 15 is 0 Å². The van der Waals surface area contributed by atoms with Gasteiger partial charge in [-0.1, -0.05) is 0 Å². The molecule has 0 spiro atoms. The Bertz CT molecular complexity index is 1360. The number of hydrogen-bond donors (Lipinski definition) is 0. The van der Waals surface area contributed by atoms with Crippen LogP contribution in [-0.4, -0.2) is 43.9 Å². The molecule has 2 aliphatic rings. The number of piperidine rings is 1. The number of halogens is 4. The molecule has 4 atom stereocenters.